The van der Waals surface area contributed by atoms with E-state index >= 15 is 0 Å². The number of fused-ring (bicyclic) bond motifs is 3. The van der Waals surface area contributed by atoms with Gasteiger partial charge in [0.2, 0.25) is 0 Å². The zero-order chi connectivity index (χ0) is 25.7. The highest BCUT2D eigenvalue weighted by molar-refractivity contribution is 5.77. The number of hydrogen-bond donors (Lipinski definition) is 0. The van der Waals surface area contributed by atoms with Gasteiger partial charge < -0.3 is 14.4 Å². The Morgan fingerprint density at radius 2 is 1.72 bits per heavy atom. The monoisotopic (exact) mass is 502 g/mol. The van der Waals surface area contributed by atoms with Crippen LogP contribution in [-0.4, -0.2) is 50.6 Å². The molecule has 2 aliphatic rings. The Bertz CT molecular complexity index is 1240. The van der Waals surface area contributed by atoms with Gasteiger partial charge in [-0.25, -0.2) is 14.3 Å². The van der Waals surface area contributed by atoms with Crippen molar-refractivity contribution < 1.29 is 27.4 Å². The molecule has 192 valence electrons. The Morgan fingerprint density at radius 3 is 2.33 bits per heavy atom. The SMILES string of the molecule is CC(C)(C)OC(=O)N1C[C@H]2CC[C@@H](C1)C2Cc1nc2c(-c3ccc(OC(F)(F)F)cc3)cccn2n1. The van der Waals surface area contributed by atoms with Crippen molar-refractivity contribution in [2.45, 2.75) is 52.0 Å². The van der Waals surface area contributed by atoms with Crippen molar-refractivity contribution in [3.05, 3.63) is 48.4 Å². The number of benzene rings is 1. The number of carbonyl (C=O) groups is 1. The van der Waals surface area contributed by atoms with Crippen LogP contribution in [0.5, 0.6) is 5.75 Å². The van der Waals surface area contributed by atoms with Crippen LogP contribution < -0.4 is 4.74 Å². The minimum atomic E-state index is -4.73. The first-order valence-corrected chi connectivity index (χ1v) is 12.1. The number of aromatic nitrogens is 3. The average Bonchev–Trinajstić information content (AvgIpc) is 3.28. The molecular weight excluding hydrogens is 473 g/mol. The highest BCUT2D eigenvalue weighted by atomic mass is 19.4. The smallest absolute Gasteiger partial charge is 0.444 e. The average molecular weight is 503 g/mol. The Balaban J connectivity index is 1.32. The predicted octanol–water partition coefficient (Wildman–Crippen LogP) is 5.73. The van der Waals surface area contributed by atoms with Gasteiger partial charge in [-0.05, 0) is 81.2 Å². The number of likely N-dealkylation sites (tertiary alicyclic amines) is 1. The molecule has 36 heavy (non-hydrogen) atoms. The summed E-state index contributed by atoms with van der Waals surface area (Å²) in [7, 11) is 0. The maximum atomic E-state index is 12.6. The first-order chi connectivity index (χ1) is 16.9. The van der Waals surface area contributed by atoms with Crippen molar-refractivity contribution in [1.29, 1.82) is 0 Å². The fraction of sp³-hybridized carbons (Fsp3) is 0.500. The molecule has 0 spiro atoms. The van der Waals surface area contributed by atoms with Crippen LogP contribution in [0.4, 0.5) is 18.0 Å². The van der Waals surface area contributed by atoms with Gasteiger partial charge in [-0.3, -0.25) is 0 Å². The van der Waals surface area contributed by atoms with Gasteiger partial charge >= 0.3 is 12.5 Å². The molecule has 2 aromatic heterocycles. The minimum absolute atomic E-state index is 0.250. The van der Waals surface area contributed by atoms with Crippen LogP contribution in [0.25, 0.3) is 16.8 Å². The first-order valence-electron chi connectivity index (χ1n) is 12.1. The third-order valence-electron chi connectivity index (χ3n) is 6.90. The largest absolute Gasteiger partial charge is 0.573 e. The fourth-order valence-corrected chi connectivity index (χ4v) is 5.45. The van der Waals surface area contributed by atoms with Crippen LogP contribution in [-0.2, 0) is 11.2 Å². The number of alkyl halides is 3. The lowest BCUT2D eigenvalue weighted by Crippen LogP contribution is -2.47. The maximum Gasteiger partial charge on any atom is 0.573 e. The van der Waals surface area contributed by atoms with Gasteiger partial charge in [-0.15, -0.1) is 13.2 Å². The molecule has 1 aliphatic carbocycles. The van der Waals surface area contributed by atoms with Crippen LogP contribution >= 0.6 is 0 Å². The Morgan fingerprint density at radius 1 is 1.06 bits per heavy atom. The van der Waals surface area contributed by atoms with E-state index in [1.54, 1.807) is 16.6 Å². The number of ether oxygens (including phenoxy) is 2. The summed E-state index contributed by atoms with van der Waals surface area (Å²) < 4.78 is 48.7. The lowest BCUT2D eigenvalue weighted by atomic mass is 9.82. The summed E-state index contributed by atoms with van der Waals surface area (Å²) in [6, 6.07) is 9.45. The van der Waals surface area contributed by atoms with Crippen molar-refractivity contribution in [2.75, 3.05) is 13.1 Å². The zero-order valence-electron chi connectivity index (χ0n) is 20.5. The van der Waals surface area contributed by atoms with E-state index in [0.29, 0.717) is 36.5 Å². The van der Waals surface area contributed by atoms with Gasteiger partial charge in [0.05, 0.1) is 0 Å². The van der Waals surface area contributed by atoms with Gasteiger partial charge in [0.15, 0.2) is 11.5 Å². The summed E-state index contributed by atoms with van der Waals surface area (Å²) in [5.74, 6) is 1.61. The van der Waals surface area contributed by atoms with Crippen molar-refractivity contribution in [3.63, 3.8) is 0 Å². The molecule has 0 N–H and O–H groups in total. The second-order valence-corrected chi connectivity index (χ2v) is 10.6. The molecule has 2 fully saturated rings. The van der Waals surface area contributed by atoms with Gasteiger partial charge in [0.1, 0.15) is 11.4 Å². The first kappa shape index (κ1) is 24.4. The molecule has 1 saturated carbocycles. The number of halogens is 3. The highest BCUT2D eigenvalue weighted by Gasteiger charge is 2.44. The van der Waals surface area contributed by atoms with E-state index in [1.165, 1.54) is 12.1 Å². The third-order valence-corrected chi connectivity index (χ3v) is 6.90. The molecule has 10 heteroatoms. The van der Waals surface area contributed by atoms with E-state index in [0.717, 1.165) is 36.2 Å². The van der Waals surface area contributed by atoms with E-state index < -0.39 is 12.0 Å². The van der Waals surface area contributed by atoms with Crippen molar-refractivity contribution in [2.24, 2.45) is 17.8 Å². The van der Waals surface area contributed by atoms with Crippen LogP contribution in [0.2, 0.25) is 0 Å². The third kappa shape index (κ3) is 5.27. The normalized spacial score (nSPS) is 22.2. The molecule has 3 atom stereocenters. The summed E-state index contributed by atoms with van der Waals surface area (Å²) in [6.45, 7) is 6.99. The van der Waals surface area contributed by atoms with Crippen molar-refractivity contribution in [1.82, 2.24) is 19.5 Å². The summed E-state index contributed by atoms with van der Waals surface area (Å²) in [4.78, 5) is 19.2. The lowest BCUT2D eigenvalue weighted by molar-refractivity contribution is -0.274. The van der Waals surface area contributed by atoms with E-state index in [4.69, 9.17) is 9.72 Å². The van der Waals surface area contributed by atoms with Crippen LogP contribution in [0, 0.1) is 17.8 Å². The number of amides is 1. The Hall–Kier alpha value is -3.30. The Kier molecular flexibility index (Phi) is 6.08. The quantitative estimate of drug-likeness (QED) is 0.456. The predicted molar refractivity (Wildman–Crippen MR) is 126 cm³/mol. The van der Waals surface area contributed by atoms with Crippen LogP contribution in [0.3, 0.4) is 0 Å². The summed E-state index contributed by atoms with van der Waals surface area (Å²) in [5.41, 5.74) is 1.63. The van der Waals surface area contributed by atoms with Gasteiger partial charge in [0, 0.05) is 31.3 Å². The molecule has 3 heterocycles. The molecule has 7 nitrogen and oxygen atoms in total. The molecule has 5 rings (SSSR count). The fourth-order valence-electron chi connectivity index (χ4n) is 5.45. The molecule has 1 amide bonds. The topological polar surface area (TPSA) is 69.0 Å². The zero-order valence-corrected chi connectivity index (χ0v) is 20.5. The number of carbonyl (C=O) groups excluding carboxylic acids is 1. The van der Waals surface area contributed by atoms with E-state index in [1.807, 2.05) is 44.0 Å². The Labute approximate surface area is 207 Å². The molecule has 1 saturated heterocycles. The van der Waals surface area contributed by atoms with Crippen molar-refractivity contribution >= 4 is 11.7 Å². The summed E-state index contributed by atoms with van der Waals surface area (Å²) >= 11 is 0. The molecular formula is C26H29F3N4O3. The van der Waals surface area contributed by atoms with Crippen molar-refractivity contribution in [3.8, 4) is 16.9 Å². The minimum Gasteiger partial charge on any atom is -0.444 e. The van der Waals surface area contributed by atoms with Gasteiger partial charge in [-0.2, -0.15) is 5.10 Å². The van der Waals surface area contributed by atoms with Crippen LogP contribution in [0.1, 0.15) is 39.4 Å². The molecule has 2 bridgehead atoms. The standard InChI is InChI=1S/C26H29F3N4O3/c1-25(2,3)36-24(34)32-14-17-6-7-18(15-32)21(17)13-22-30-23-20(5-4-12-33(23)31-22)16-8-10-19(11-9-16)35-26(27,28)29/h4-5,8-12,17-18,21H,6-7,13-15H2,1-3H3/t17-,18+,21?. The van der Waals surface area contributed by atoms with E-state index in [2.05, 4.69) is 9.84 Å². The highest BCUT2D eigenvalue weighted by Crippen LogP contribution is 2.43. The van der Waals surface area contributed by atoms with E-state index in [-0.39, 0.29) is 11.8 Å². The number of piperidine rings is 1. The van der Waals surface area contributed by atoms with E-state index in [9.17, 15) is 18.0 Å². The molecule has 0 radical (unpaired) electrons. The maximum absolute atomic E-state index is 12.6. The second kappa shape index (κ2) is 8.97. The summed E-state index contributed by atoms with van der Waals surface area (Å²) in [6.07, 6.45) is -0.307. The number of nitrogens with zero attached hydrogens (tertiary/aromatic N) is 4. The number of pyridine rings is 1. The molecule has 1 aromatic carbocycles. The number of rotatable bonds is 4. The van der Waals surface area contributed by atoms with Gasteiger partial charge in [-0.1, -0.05) is 12.1 Å². The second-order valence-electron chi connectivity index (χ2n) is 10.6. The molecule has 1 aliphatic heterocycles. The molecule has 3 aromatic rings. The summed E-state index contributed by atoms with van der Waals surface area (Å²) in [5, 5.41) is 4.69. The van der Waals surface area contributed by atoms with Gasteiger partial charge in [0.25, 0.3) is 0 Å². The molecule has 1 unspecified atom stereocenters. The lowest BCUT2D eigenvalue weighted by Gasteiger charge is -2.38. The number of hydrogen-bond acceptors (Lipinski definition) is 5. The van der Waals surface area contributed by atoms with Crippen LogP contribution in [0.15, 0.2) is 42.6 Å².